The number of imidazole rings is 1. The van der Waals surface area contributed by atoms with Crippen molar-refractivity contribution in [1.29, 1.82) is 0 Å². The molecule has 202 valence electrons. The molecule has 0 saturated carbocycles. The molecular formula is C21H25ClN9O6P. The van der Waals surface area contributed by atoms with Gasteiger partial charge in [0.15, 0.2) is 10.8 Å². The van der Waals surface area contributed by atoms with E-state index in [2.05, 4.69) is 30.1 Å². The van der Waals surface area contributed by atoms with Crippen molar-refractivity contribution in [3.63, 3.8) is 0 Å². The standard InChI is InChI=1S/C21H25ClN9O6P/c1-3-34-20(32)12(2)29-38(33,37-13-7-5-4-6-8-13)35-10-15-14(28-30-24)9-16(36-15)31-11-25-17-18(22)26-21(23)27-19(17)31/h4-8,11-12,14-16H,3,9-10H2,1-2H3,(H,29,33)(H2,23,26,27)/t12-,14+,15-,16-,38?/m0/s1. The Labute approximate surface area is 221 Å². The molecule has 3 N–H and O–H groups in total. The number of halogens is 1. The van der Waals surface area contributed by atoms with Gasteiger partial charge in [0.05, 0.1) is 31.7 Å². The van der Waals surface area contributed by atoms with Crippen LogP contribution in [0.5, 0.6) is 5.75 Å². The lowest BCUT2D eigenvalue weighted by Gasteiger charge is -2.24. The molecular weight excluding hydrogens is 541 g/mol. The molecule has 38 heavy (non-hydrogen) atoms. The summed E-state index contributed by atoms with van der Waals surface area (Å²) >= 11 is 6.12. The van der Waals surface area contributed by atoms with Gasteiger partial charge in [-0.2, -0.15) is 15.1 Å². The van der Waals surface area contributed by atoms with Crippen LogP contribution < -0.4 is 15.3 Å². The molecule has 1 aliphatic rings. The number of anilines is 1. The van der Waals surface area contributed by atoms with Gasteiger partial charge in [0.2, 0.25) is 5.95 Å². The number of hydrogen-bond donors (Lipinski definition) is 2. The zero-order valence-corrected chi connectivity index (χ0v) is 22.0. The molecule has 0 amide bonds. The molecule has 1 aromatic carbocycles. The fourth-order valence-corrected chi connectivity index (χ4v) is 5.49. The minimum absolute atomic E-state index is 0.0467. The van der Waals surface area contributed by atoms with E-state index < -0.39 is 38.1 Å². The number of azide groups is 1. The number of nitrogen functional groups attached to an aromatic ring is 1. The molecule has 3 heterocycles. The molecule has 15 nitrogen and oxygen atoms in total. The van der Waals surface area contributed by atoms with Crippen molar-refractivity contribution in [1.82, 2.24) is 24.6 Å². The maximum atomic E-state index is 13.7. The Bertz CT molecular complexity index is 1390. The highest BCUT2D eigenvalue weighted by atomic mass is 35.5. The summed E-state index contributed by atoms with van der Waals surface area (Å²) in [7, 11) is -4.14. The molecule has 1 unspecified atom stereocenters. The molecule has 1 saturated heterocycles. The number of benzene rings is 1. The van der Waals surface area contributed by atoms with E-state index in [9.17, 15) is 9.36 Å². The van der Waals surface area contributed by atoms with Gasteiger partial charge < -0.3 is 19.7 Å². The van der Waals surface area contributed by atoms with Crippen molar-refractivity contribution in [3.05, 3.63) is 52.3 Å². The Morgan fingerprint density at radius 2 is 2.18 bits per heavy atom. The van der Waals surface area contributed by atoms with Gasteiger partial charge in [0, 0.05) is 11.3 Å². The van der Waals surface area contributed by atoms with Crippen molar-refractivity contribution in [2.24, 2.45) is 5.11 Å². The minimum Gasteiger partial charge on any atom is -0.465 e. The maximum absolute atomic E-state index is 13.7. The van der Waals surface area contributed by atoms with Gasteiger partial charge in [-0.3, -0.25) is 13.9 Å². The topological polar surface area (TPSA) is 201 Å². The van der Waals surface area contributed by atoms with Crippen LogP contribution in [0, 0.1) is 0 Å². The summed E-state index contributed by atoms with van der Waals surface area (Å²) < 4.78 is 37.7. The Balaban J connectivity index is 1.54. The summed E-state index contributed by atoms with van der Waals surface area (Å²) in [5.41, 5.74) is 15.5. The number of fused-ring (bicyclic) bond motifs is 1. The van der Waals surface area contributed by atoms with Crippen molar-refractivity contribution >= 4 is 42.4 Å². The van der Waals surface area contributed by atoms with Gasteiger partial charge in [-0.15, -0.1) is 0 Å². The van der Waals surface area contributed by atoms with Gasteiger partial charge in [-0.25, -0.2) is 9.55 Å². The van der Waals surface area contributed by atoms with Crippen molar-refractivity contribution in [2.75, 3.05) is 18.9 Å². The van der Waals surface area contributed by atoms with Crippen molar-refractivity contribution < 1.29 is 27.9 Å². The summed E-state index contributed by atoms with van der Waals surface area (Å²) in [6.07, 6.45) is 0.157. The lowest BCUT2D eigenvalue weighted by Crippen LogP contribution is -2.36. The van der Waals surface area contributed by atoms with Gasteiger partial charge in [-0.1, -0.05) is 34.9 Å². The van der Waals surface area contributed by atoms with Crippen molar-refractivity contribution in [3.8, 4) is 5.75 Å². The van der Waals surface area contributed by atoms with Crippen LogP contribution in [0.1, 0.15) is 26.5 Å². The fraction of sp³-hybridized carbons (Fsp3) is 0.429. The summed E-state index contributed by atoms with van der Waals surface area (Å²) in [5, 5.41) is 6.48. The quantitative estimate of drug-likeness (QED) is 0.0855. The van der Waals surface area contributed by atoms with Gasteiger partial charge in [0.25, 0.3) is 0 Å². The van der Waals surface area contributed by atoms with E-state index in [4.69, 9.17) is 41.4 Å². The van der Waals surface area contributed by atoms with Gasteiger partial charge in [0.1, 0.15) is 23.5 Å². The third-order valence-corrected chi connectivity index (χ3v) is 7.39. The van der Waals surface area contributed by atoms with E-state index in [0.717, 1.165) is 0 Å². The highest BCUT2D eigenvalue weighted by Crippen LogP contribution is 2.46. The van der Waals surface area contributed by atoms with E-state index in [1.807, 2.05) is 0 Å². The second kappa shape index (κ2) is 11.9. The monoisotopic (exact) mass is 565 g/mol. The van der Waals surface area contributed by atoms with Crippen LogP contribution in [-0.4, -0.2) is 56.9 Å². The molecule has 3 aromatic rings. The number of nitrogens with two attached hydrogens (primary N) is 1. The predicted molar refractivity (Wildman–Crippen MR) is 136 cm³/mol. The van der Waals surface area contributed by atoms with Gasteiger partial charge in [-0.05, 0) is 31.5 Å². The zero-order chi connectivity index (χ0) is 27.3. The highest BCUT2D eigenvalue weighted by Gasteiger charge is 2.40. The first kappa shape index (κ1) is 27.6. The summed E-state index contributed by atoms with van der Waals surface area (Å²) in [5.74, 6) is -0.436. The second-order valence-corrected chi connectivity index (χ2v) is 10.2. The van der Waals surface area contributed by atoms with E-state index in [1.165, 1.54) is 13.3 Å². The average molecular weight is 566 g/mol. The van der Waals surface area contributed by atoms with Crippen molar-refractivity contribution in [2.45, 2.75) is 44.7 Å². The van der Waals surface area contributed by atoms with Crippen LogP contribution in [0.2, 0.25) is 5.15 Å². The Morgan fingerprint density at radius 3 is 2.89 bits per heavy atom. The number of carbonyl (C=O) groups excluding carboxylic acids is 1. The number of esters is 1. The maximum Gasteiger partial charge on any atom is 0.459 e. The van der Waals surface area contributed by atoms with Gasteiger partial charge >= 0.3 is 13.7 Å². The normalized spacial score (nSPS) is 21.4. The van der Waals surface area contributed by atoms with Crippen LogP contribution in [0.4, 0.5) is 5.95 Å². The smallest absolute Gasteiger partial charge is 0.459 e. The molecule has 0 spiro atoms. The van der Waals surface area contributed by atoms with Crippen LogP contribution >= 0.6 is 19.3 Å². The number of aromatic nitrogens is 4. The first-order chi connectivity index (χ1) is 18.2. The fourth-order valence-electron chi connectivity index (χ4n) is 3.77. The molecule has 0 radical (unpaired) electrons. The molecule has 0 bridgehead atoms. The molecule has 5 atom stereocenters. The van der Waals surface area contributed by atoms with Crippen LogP contribution in [0.15, 0.2) is 41.8 Å². The largest absolute Gasteiger partial charge is 0.465 e. The Hall–Kier alpha value is -3.45. The highest BCUT2D eigenvalue weighted by molar-refractivity contribution is 7.52. The average Bonchev–Trinajstić information content (AvgIpc) is 3.48. The molecule has 4 rings (SSSR count). The lowest BCUT2D eigenvalue weighted by molar-refractivity contribution is -0.144. The van der Waals surface area contributed by atoms with E-state index >= 15 is 0 Å². The molecule has 1 fully saturated rings. The van der Waals surface area contributed by atoms with E-state index in [1.54, 1.807) is 41.8 Å². The molecule has 17 heteroatoms. The first-order valence-corrected chi connectivity index (χ1v) is 13.4. The van der Waals surface area contributed by atoms with E-state index in [-0.39, 0.29) is 36.5 Å². The number of hydrogen-bond acceptors (Lipinski definition) is 11. The number of nitrogens with zero attached hydrogens (tertiary/aromatic N) is 7. The Kier molecular flexibility index (Phi) is 8.67. The SMILES string of the molecule is CCOC(=O)[C@H](C)NP(=O)(OC[C@@H]1O[C@H](n2cnc3c(Cl)nc(N)nc32)C[C@H]1N=[N+]=[N-])Oc1ccccc1. The van der Waals surface area contributed by atoms with Crippen LogP contribution in [0.25, 0.3) is 21.6 Å². The molecule has 2 aromatic heterocycles. The molecule has 0 aliphatic carbocycles. The third-order valence-electron chi connectivity index (χ3n) is 5.48. The predicted octanol–water partition coefficient (Wildman–Crippen LogP) is 3.77. The number of rotatable bonds is 11. The summed E-state index contributed by atoms with van der Waals surface area (Å²) in [4.78, 5) is 27.3. The lowest BCUT2D eigenvalue weighted by atomic mass is 10.1. The number of ether oxygens (including phenoxy) is 2. The number of carbonyl (C=O) groups is 1. The second-order valence-electron chi connectivity index (χ2n) is 8.13. The molecule has 1 aliphatic heterocycles. The Morgan fingerprint density at radius 1 is 1.42 bits per heavy atom. The minimum atomic E-state index is -4.14. The summed E-state index contributed by atoms with van der Waals surface area (Å²) in [6, 6.07) is 6.59. The van der Waals surface area contributed by atoms with Crippen LogP contribution in [-0.2, 0) is 23.4 Å². The number of nitrogens with one attached hydrogen (secondary N) is 1. The van der Waals surface area contributed by atoms with Crippen LogP contribution in [0.3, 0.4) is 0 Å². The number of para-hydroxylation sites is 1. The first-order valence-electron chi connectivity index (χ1n) is 11.5. The third kappa shape index (κ3) is 6.33. The summed E-state index contributed by atoms with van der Waals surface area (Å²) in [6.45, 7) is 2.96. The van der Waals surface area contributed by atoms with E-state index in [0.29, 0.717) is 11.2 Å². The zero-order valence-electron chi connectivity index (χ0n) is 20.4.